The summed E-state index contributed by atoms with van der Waals surface area (Å²) in [5, 5.41) is 3.53. The number of carbonyl (C=O) groups excluding carboxylic acids is 2. The number of methoxy groups -OCH3 is 1. The zero-order chi connectivity index (χ0) is 20.5. The Kier molecular flexibility index (Phi) is 8.29. The van der Waals surface area contributed by atoms with E-state index in [0.717, 1.165) is 5.56 Å². The fourth-order valence-corrected chi connectivity index (χ4v) is 2.65. The largest absolute Gasteiger partial charge is 0.492 e. The lowest BCUT2D eigenvalue weighted by Gasteiger charge is -2.24. The standard InChI is InChI=1S/C21H25ClN2O4/c1-15(24(2)11-12-28-19-6-4-5-18(22)13-19)20(25)23-14-16-7-9-17(10-8-16)21(26)27-3/h4-10,13,15H,11-12,14H2,1-3H3,(H,23,25). The van der Waals surface area contributed by atoms with Gasteiger partial charge in [0, 0.05) is 18.1 Å². The SMILES string of the molecule is COC(=O)c1ccc(CNC(=O)C(C)N(C)CCOc2cccc(Cl)c2)cc1. The first-order valence-corrected chi connectivity index (χ1v) is 9.32. The van der Waals surface area contributed by atoms with Crippen molar-refractivity contribution in [3.8, 4) is 5.75 Å². The summed E-state index contributed by atoms with van der Waals surface area (Å²) in [5.74, 6) is 0.238. The van der Waals surface area contributed by atoms with Crippen LogP contribution in [0.2, 0.25) is 5.02 Å². The number of hydrogen-bond donors (Lipinski definition) is 1. The first-order valence-electron chi connectivity index (χ1n) is 8.94. The third-order valence-electron chi connectivity index (χ3n) is 4.39. The number of benzene rings is 2. The summed E-state index contributed by atoms with van der Waals surface area (Å²) >= 11 is 5.93. The van der Waals surface area contributed by atoms with Crippen LogP contribution in [0.3, 0.4) is 0 Å². The molecule has 0 aliphatic carbocycles. The minimum Gasteiger partial charge on any atom is -0.492 e. The molecule has 0 aromatic heterocycles. The summed E-state index contributed by atoms with van der Waals surface area (Å²) in [6, 6.07) is 13.8. The Labute approximate surface area is 170 Å². The van der Waals surface area contributed by atoms with Crippen LogP contribution < -0.4 is 10.1 Å². The third-order valence-corrected chi connectivity index (χ3v) is 4.63. The van der Waals surface area contributed by atoms with Crippen LogP contribution in [0.5, 0.6) is 5.75 Å². The molecule has 150 valence electrons. The molecule has 1 atom stereocenters. The quantitative estimate of drug-likeness (QED) is 0.650. The summed E-state index contributed by atoms with van der Waals surface area (Å²) in [7, 11) is 3.21. The fraction of sp³-hybridized carbons (Fsp3) is 0.333. The Hall–Kier alpha value is -2.57. The normalized spacial score (nSPS) is 11.8. The van der Waals surface area contributed by atoms with Crippen LogP contribution in [0.15, 0.2) is 48.5 Å². The number of amides is 1. The lowest BCUT2D eigenvalue weighted by molar-refractivity contribution is -0.125. The van der Waals surface area contributed by atoms with E-state index in [2.05, 4.69) is 10.1 Å². The van der Waals surface area contributed by atoms with Gasteiger partial charge < -0.3 is 14.8 Å². The van der Waals surface area contributed by atoms with E-state index in [1.807, 2.05) is 31.0 Å². The molecule has 1 unspecified atom stereocenters. The molecule has 6 nitrogen and oxygen atoms in total. The smallest absolute Gasteiger partial charge is 0.337 e. The molecule has 0 saturated carbocycles. The van der Waals surface area contributed by atoms with Gasteiger partial charge in [0.1, 0.15) is 12.4 Å². The molecule has 0 heterocycles. The monoisotopic (exact) mass is 404 g/mol. The highest BCUT2D eigenvalue weighted by molar-refractivity contribution is 6.30. The van der Waals surface area contributed by atoms with Gasteiger partial charge in [0.25, 0.3) is 0 Å². The third kappa shape index (κ3) is 6.55. The van der Waals surface area contributed by atoms with E-state index in [1.165, 1.54) is 7.11 Å². The summed E-state index contributed by atoms with van der Waals surface area (Å²) in [5.41, 5.74) is 1.38. The van der Waals surface area contributed by atoms with E-state index < -0.39 is 0 Å². The molecule has 7 heteroatoms. The van der Waals surface area contributed by atoms with Gasteiger partial charge in [0.15, 0.2) is 0 Å². The van der Waals surface area contributed by atoms with E-state index in [4.69, 9.17) is 16.3 Å². The Morgan fingerprint density at radius 3 is 2.54 bits per heavy atom. The second-order valence-corrected chi connectivity index (χ2v) is 6.81. The van der Waals surface area contributed by atoms with E-state index >= 15 is 0 Å². The minimum absolute atomic E-state index is 0.0812. The Balaban J connectivity index is 1.75. The molecular weight excluding hydrogens is 380 g/mol. The number of likely N-dealkylation sites (N-methyl/N-ethyl adjacent to an activating group) is 1. The van der Waals surface area contributed by atoms with E-state index in [1.54, 1.807) is 36.4 Å². The first kappa shape index (κ1) is 21.7. The average Bonchev–Trinajstić information content (AvgIpc) is 2.71. The van der Waals surface area contributed by atoms with Gasteiger partial charge in [-0.25, -0.2) is 4.79 Å². The highest BCUT2D eigenvalue weighted by atomic mass is 35.5. The van der Waals surface area contributed by atoms with Crippen molar-refractivity contribution in [1.82, 2.24) is 10.2 Å². The molecule has 0 saturated heterocycles. The molecule has 0 fully saturated rings. The van der Waals surface area contributed by atoms with Gasteiger partial charge in [-0.1, -0.05) is 29.8 Å². The van der Waals surface area contributed by atoms with Gasteiger partial charge in [-0.15, -0.1) is 0 Å². The van der Waals surface area contributed by atoms with Crippen molar-refractivity contribution in [2.75, 3.05) is 27.3 Å². The van der Waals surface area contributed by atoms with Crippen LogP contribution in [0.25, 0.3) is 0 Å². The molecule has 2 aromatic carbocycles. The maximum atomic E-state index is 12.4. The van der Waals surface area contributed by atoms with Crippen LogP contribution in [0.1, 0.15) is 22.8 Å². The Morgan fingerprint density at radius 2 is 1.89 bits per heavy atom. The van der Waals surface area contributed by atoms with E-state index in [9.17, 15) is 9.59 Å². The molecule has 1 amide bonds. The Bertz CT molecular complexity index is 795. The number of ether oxygens (including phenoxy) is 2. The molecular formula is C21H25ClN2O4. The van der Waals surface area contributed by atoms with Crippen molar-refractivity contribution < 1.29 is 19.1 Å². The lowest BCUT2D eigenvalue weighted by Crippen LogP contribution is -2.44. The number of rotatable bonds is 9. The molecule has 0 spiro atoms. The lowest BCUT2D eigenvalue weighted by atomic mass is 10.1. The van der Waals surface area contributed by atoms with Crippen molar-refractivity contribution in [2.45, 2.75) is 19.5 Å². The predicted molar refractivity (Wildman–Crippen MR) is 109 cm³/mol. The van der Waals surface area contributed by atoms with Gasteiger partial charge in [-0.2, -0.15) is 0 Å². The van der Waals surface area contributed by atoms with Crippen LogP contribution in [-0.2, 0) is 16.1 Å². The second-order valence-electron chi connectivity index (χ2n) is 6.37. The minimum atomic E-state index is -0.383. The highest BCUT2D eigenvalue weighted by Crippen LogP contribution is 2.17. The van der Waals surface area contributed by atoms with Crippen LogP contribution in [-0.4, -0.2) is 50.1 Å². The van der Waals surface area contributed by atoms with E-state index in [0.29, 0.717) is 36.0 Å². The van der Waals surface area contributed by atoms with Crippen molar-refractivity contribution in [2.24, 2.45) is 0 Å². The average molecular weight is 405 g/mol. The number of carbonyl (C=O) groups is 2. The number of esters is 1. The molecule has 0 aliphatic rings. The number of hydrogen-bond acceptors (Lipinski definition) is 5. The summed E-state index contributed by atoms with van der Waals surface area (Å²) < 4.78 is 10.3. The highest BCUT2D eigenvalue weighted by Gasteiger charge is 2.17. The summed E-state index contributed by atoms with van der Waals surface area (Å²) in [6.45, 7) is 3.27. The van der Waals surface area contributed by atoms with Gasteiger partial charge in [0.2, 0.25) is 5.91 Å². The van der Waals surface area contributed by atoms with Crippen molar-refractivity contribution in [3.63, 3.8) is 0 Å². The number of halogens is 1. The van der Waals surface area contributed by atoms with Crippen molar-refractivity contribution in [1.29, 1.82) is 0 Å². The first-order chi connectivity index (χ1) is 13.4. The summed E-state index contributed by atoms with van der Waals surface area (Å²) in [6.07, 6.45) is 0. The molecule has 0 radical (unpaired) electrons. The van der Waals surface area contributed by atoms with Gasteiger partial charge in [-0.05, 0) is 49.9 Å². The second kappa shape index (κ2) is 10.7. The van der Waals surface area contributed by atoms with Gasteiger partial charge in [-0.3, -0.25) is 9.69 Å². The maximum absolute atomic E-state index is 12.4. The number of nitrogens with one attached hydrogen (secondary N) is 1. The van der Waals surface area contributed by atoms with Crippen molar-refractivity contribution >= 4 is 23.5 Å². The molecule has 0 bridgehead atoms. The van der Waals surface area contributed by atoms with Crippen molar-refractivity contribution in [3.05, 3.63) is 64.7 Å². The van der Waals surface area contributed by atoms with Crippen LogP contribution in [0, 0.1) is 0 Å². The van der Waals surface area contributed by atoms with Gasteiger partial charge in [0.05, 0.1) is 18.7 Å². The zero-order valence-corrected chi connectivity index (χ0v) is 17.0. The molecule has 1 N–H and O–H groups in total. The number of nitrogens with zero attached hydrogens (tertiary/aromatic N) is 1. The molecule has 2 rings (SSSR count). The molecule has 2 aromatic rings. The molecule has 28 heavy (non-hydrogen) atoms. The fourth-order valence-electron chi connectivity index (χ4n) is 2.47. The zero-order valence-electron chi connectivity index (χ0n) is 16.3. The van der Waals surface area contributed by atoms with Crippen LogP contribution >= 0.6 is 11.6 Å². The van der Waals surface area contributed by atoms with Gasteiger partial charge >= 0.3 is 5.97 Å². The topological polar surface area (TPSA) is 67.9 Å². The summed E-state index contributed by atoms with van der Waals surface area (Å²) in [4.78, 5) is 25.7. The van der Waals surface area contributed by atoms with E-state index in [-0.39, 0.29) is 17.9 Å². The molecule has 0 aliphatic heterocycles. The maximum Gasteiger partial charge on any atom is 0.337 e. The van der Waals surface area contributed by atoms with Crippen LogP contribution in [0.4, 0.5) is 0 Å². The predicted octanol–water partition coefficient (Wildman–Crippen LogP) is 3.14. The Morgan fingerprint density at radius 1 is 1.18 bits per heavy atom.